The average Bonchev–Trinajstić information content (AvgIpc) is 2.41. The molecule has 1 amide bonds. The minimum Gasteiger partial charge on any atom is -0.450 e. The van der Waals surface area contributed by atoms with Gasteiger partial charge in [0.2, 0.25) is 17.5 Å². The molecule has 0 radical (unpaired) electrons. The molecule has 9 heteroatoms. The van der Waals surface area contributed by atoms with Crippen molar-refractivity contribution in [2.24, 2.45) is 0 Å². The van der Waals surface area contributed by atoms with Crippen LogP contribution in [0.3, 0.4) is 0 Å². The summed E-state index contributed by atoms with van der Waals surface area (Å²) in [7, 11) is 0. The Morgan fingerprint density at radius 3 is 2.77 bits per heavy atom. The summed E-state index contributed by atoms with van der Waals surface area (Å²) in [6.45, 7) is 1.24. The highest BCUT2D eigenvalue weighted by Gasteiger charge is 2.21. The molecule has 114 valence electrons. The second-order valence-electron chi connectivity index (χ2n) is 4.22. The average molecular weight is 306 g/mol. The van der Waals surface area contributed by atoms with Crippen molar-refractivity contribution < 1.29 is 18.8 Å². The number of carbonyl (C=O) groups excluding carboxylic acids is 1. The van der Waals surface area contributed by atoms with Gasteiger partial charge in [-0.3, -0.25) is 14.9 Å². The first-order valence-electron chi connectivity index (χ1n) is 6.02. The van der Waals surface area contributed by atoms with Crippen molar-refractivity contribution in [3.05, 3.63) is 46.4 Å². The van der Waals surface area contributed by atoms with Gasteiger partial charge in [0.1, 0.15) is 11.6 Å². The zero-order chi connectivity index (χ0) is 16.3. The van der Waals surface area contributed by atoms with Gasteiger partial charge in [0.05, 0.1) is 10.6 Å². The number of rotatable bonds is 4. The number of nitrogen functional groups attached to an aromatic ring is 1. The van der Waals surface area contributed by atoms with Gasteiger partial charge in [-0.25, -0.2) is 9.37 Å². The number of halogens is 1. The van der Waals surface area contributed by atoms with Gasteiger partial charge in [-0.05, 0) is 12.1 Å². The number of ether oxygens (including phenoxy) is 1. The van der Waals surface area contributed by atoms with E-state index in [4.69, 9.17) is 10.5 Å². The number of pyridine rings is 1. The minimum absolute atomic E-state index is 0.0142. The molecule has 1 heterocycles. The molecule has 0 aliphatic rings. The first-order valence-corrected chi connectivity index (χ1v) is 6.02. The smallest absolute Gasteiger partial charge is 0.353 e. The van der Waals surface area contributed by atoms with Crippen molar-refractivity contribution in [3.63, 3.8) is 0 Å². The lowest BCUT2D eigenvalue weighted by Gasteiger charge is -2.09. The third-order valence-electron chi connectivity index (χ3n) is 2.58. The third kappa shape index (κ3) is 3.26. The largest absolute Gasteiger partial charge is 0.450 e. The van der Waals surface area contributed by atoms with Crippen molar-refractivity contribution in [1.29, 1.82) is 0 Å². The number of anilines is 2. The zero-order valence-electron chi connectivity index (χ0n) is 11.4. The number of nitrogens with one attached hydrogen (secondary N) is 1. The van der Waals surface area contributed by atoms with Gasteiger partial charge in [0, 0.05) is 25.3 Å². The lowest BCUT2D eigenvalue weighted by atomic mass is 10.2. The summed E-state index contributed by atoms with van der Waals surface area (Å²) in [5.74, 6) is -1.62. The lowest BCUT2D eigenvalue weighted by Crippen LogP contribution is -2.07. The molecule has 1 aromatic heterocycles. The van der Waals surface area contributed by atoms with Crippen LogP contribution in [-0.4, -0.2) is 15.8 Å². The van der Waals surface area contributed by atoms with Crippen LogP contribution in [-0.2, 0) is 4.79 Å². The van der Waals surface area contributed by atoms with Crippen molar-refractivity contribution in [3.8, 4) is 11.5 Å². The fraction of sp³-hybridized carbons (Fsp3) is 0.0769. The van der Waals surface area contributed by atoms with Crippen LogP contribution in [0.25, 0.3) is 0 Å². The number of hydrogen-bond acceptors (Lipinski definition) is 6. The molecule has 22 heavy (non-hydrogen) atoms. The van der Waals surface area contributed by atoms with Gasteiger partial charge in [0.25, 0.3) is 0 Å². The van der Waals surface area contributed by atoms with E-state index in [2.05, 4.69) is 10.3 Å². The monoisotopic (exact) mass is 306 g/mol. The second kappa shape index (κ2) is 6.04. The molecule has 0 saturated heterocycles. The molecule has 0 saturated carbocycles. The number of nitrogens with zero attached hydrogens (tertiary/aromatic N) is 2. The summed E-state index contributed by atoms with van der Waals surface area (Å²) in [6.07, 6.45) is 1.24. The third-order valence-corrected chi connectivity index (χ3v) is 2.58. The Bertz CT molecular complexity index is 751. The highest BCUT2D eigenvalue weighted by molar-refractivity contribution is 5.88. The Labute approximate surface area is 123 Å². The van der Waals surface area contributed by atoms with E-state index in [-0.39, 0.29) is 23.0 Å². The topological polar surface area (TPSA) is 120 Å². The van der Waals surface area contributed by atoms with E-state index in [1.165, 1.54) is 31.3 Å². The van der Waals surface area contributed by atoms with Crippen LogP contribution in [0.5, 0.6) is 11.5 Å². The normalized spacial score (nSPS) is 10.1. The summed E-state index contributed by atoms with van der Waals surface area (Å²) >= 11 is 0. The number of amides is 1. The van der Waals surface area contributed by atoms with E-state index in [0.717, 1.165) is 6.07 Å². The number of nitro groups is 1. The quantitative estimate of drug-likeness (QED) is 0.661. The van der Waals surface area contributed by atoms with Crippen LogP contribution < -0.4 is 15.8 Å². The predicted molar refractivity (Wildman–Crippen MR) is 76.1 cm³/mol. The molecular formula is C13H11FN4O4. The molecule has 0 aliphatic carbocycles. The van der Waals surface area contributed by atoms with Crippen LogP contribution >= 0.6 is 0 Å². The molecule has 0 aliphatic heterocycles. The molecule has 1 aromatic carbocycles. The number of aromatic nitrogens is 1. The number of nitrogens with two attached hydrogens (primary N) is 1. The first kappa shape index (κ1) is 15.2. The van der Waals surface area contributed by atoms with Crippen LogP contribution in [0, 0.1) is 15.9 Å². The van der Waals surface area contributed by atoms with Crippen molar-refractivity contribution in [1.82, 2.24) is 4.98 Å². The molecule has 0 spiro atoms. The van der Waals surface area contributed by atoms with Crippen LogP contribution in [0.4, 0.5) is 21.6 Å². The van der Waals surface area contributed by atoms with E-state index < -0.39 is 22.3 Å². The van der Waals surface area contributed by atoms with Gasteiger partial charge in [-0.15, -0.1) is 0 Å². The number of carbonyl (C=O) groups is 1. The van der Waals surface area contributed by atoms with E-state index in [1.54, 1.807) is 0 Å². The van der Waals surface area contributed by atoms with Crippen molar-refractivity contribution in [2.75, 3.05) is 11.1 Å². The summed E-state index contributed by atoms with van der Waals surface area (Å²) in [5.41, 5.74) is 4.90. The fourth-order valence-electron chi connectivity index (χ4n) is 1.69. The summed E-state index contributed by atoms with van der Waals surface area (Å²) < 4.78 is 19.1. The Kier molecular flexibility index (Phi) is 4.16. The Hall–Kier alpha value is -3.23. The molecule has 0 unspecified atom stereocenters. The van der Waals surface area contributed by atoms with Gasteiger partial charge in [0.15, 0.2) is 0 Å². The predicted octanol–water partition coefficient (Wildman–Crippen LogP) is 2.46. The van der Waals surface area contributed by atoms with Gasteiger partial charge in [-0.2, -0.15) is 0 Å². The molecule has 0 bridgehead atoms. The fourth-order valence-corrected chi connectivity index (χ4v) is 1.69. The van der Waals surface area contributed by atoms with E-state index in [9.17, 15) is 19.3 Å². The van der Waals surface area contributed by atoms with Gasteiger partial charge >= 0.3 is 5.69 Å². The lowest BCUT2D eigenvalue weighted by molar-refractivity contribution is -0.384. The van der Waals surface area contributed by atoms with Crippen molar-refractivity contribution in [2.45, 2.75) is 6.92 Å². The van der Waals surface area contributed by atoms with E-state index >= 15 is 0 Å². The second-order valence-corrected chi connectivity index (χ2v) is 4.22. The molecule has 3 N–H and O–H groups in total. The zero-order valence-corrected chi connectivity index (χ0v) is 11.4. The summed E-state index contributed by atoms with van der Waals surface area (Å²) in [5, 5.41) is 13.3. The van der Waals surface area contributed by atoms with E-state index in [1.807, 2.05) is 0 Å². The van der Waals surface area contributed by atoms with Crippen molar-refractivity contribution >= 4 is 23.1 Å². The maximum atomic E-state index is 13.8. The van der Waals surface area contributed by atoms with Crippen LogP contribution in [0.1, 0.15) is 6.92 Å². The molecule has 0 atom stereocenters. The summed E-state index contributed by atoms with van der Waals surface area (Å²) in [6, 6.07) is 4.87. The molecule has 2 aromatic rings. The summed E-state index contributed by atoms with van der Waals surface area (Å²) in [4.78, 5) is 24.7. The Morgan fingerprint density at radius 1 is 1.45 bits per heavy atom. The molecular weight excluding hydrogens is 295 g/mol. The standard InChI is InChI=1S/C13H11FN4O4/c1-7(19)17-10-3-2-8(6-9(10)14)22-11-4-5-16-13(15)12(11)18(20)21/h2-6H,1H3,(H2,15,16)(H,17,19). The highest BCUT2D eigenvalue weighted by Crippen LogP contribution is 2.35. The highest BCUT2D eigenvalue weighted by atomic mass is 19.1. The SMILES string of the molecule is CC(=O)Nc1ccc(Oc2ccnc(N)c2[N+](=O)[O-])cc1F. The molecule has 8 nitrogen and oxygen atoms in total. The van der Waals surface area contributed by atoms with E-state index in [0.29, 0.717) is 0 Å². The maximum absolute atomic E-state index is 13.8. The van der Waals surface area contributed by atoms with Gasteiger partial charge in [-0.1, -0.05) is 0 Å². The van der Waals surface area contributed by atoms with Crippen LogP contribution in [0.2, 0.25) is 0 Å². The number of benzene rings is 1. The molecule has 2 rings (SSSR count). The first-order chi connectivity index (χ1) is 10.4. The number of hydrogen-bond donors (Lipinski definition) is 2. The van der Waals surface area contributed by atoms with Gasteiger partial charge < -0.3 is 15.8 Å². The van der Waals surface area contributed by atoms with Crippen LogP contribution in [0.15, 0.2) is 30.5 Å². The Morgan fingerprint density at radius 2 is 2.18 bits per heavy atom. The maximum Gasteiger partial charge on any atom is 0.353 e. The minimum atomic E-state index is -0.739. The Balaban J connectivity index is 2.32. The molecule has 0 fully saturated rings.